The lowest BCUT2D eigenvalue weighted by Gasteiger charge is -2.12. The fourth-order valence-electron chi connectivity index (χ4n) is 2.82. The van der Waals surface area contributed by atoms with Crippen molar-refractivity contribution in [2.45, 2.75) is 0 Å². The van der Waals surface area contributed by atoms with E-state index >= 15 is 0 Å². The number of halogens is 1. The van der Waals surface area contributed by atoms with Crippen LogP contribution >= 0.6 is 15.9 Å². The molecule has 0 aliphatic carbocycles. The van der Waals surface area contributed by atoms with Gasteiger partial charge >= 0.3 is 5.97 Å². The van der Waals surface area contributed by atoms with E-state index in [0.29, 0.717) is 10.0 Å². The molecular weight excluding hydrogens is 494 g/mol. The first-order chi connectivity index (χ1) is 15.7. The smallest absolute Gasteiger partial charge is 0.335 e. The highest BCUT2D eigenvalue weighted by molar-refractivity contribution is 9.10. The zero-order valence-electron chi connectivity index (χ0n) is 16.8. The van der Waals surface area contributed by atoms with Crippen LogP contribution in [0.15, 0.2) is 83.0 Å². The number of carboxylic acid groups (broad SMARTS) is 1. The Hall–Kier alpha value is -4.31. The van der Waals surface area contributed by atoms with E-state index in [-0.39, 0.29) is 28.2 Å². The van der Waals surface area contributed by atoms with Gasteiger partial charge in [-0.05, 0) is 57.9 Å². The Kier molecular flexibility index (Phi) is 7.31. The van der Waals surface area contributed by atoms with E-state index in [2.05, 4.69) is 26.6 Å². The van der Waals surface area contributed by atoms with E-state index in [1.54, 1.807) is 24.3 Å². The fraction of sp³-hybridized carbons (Fsp3) is 0. The Labute approximate surface area is 196 Å². The fourth-order valence-corrected chi connectivity index (χ4v) is 3.28. The number of anilines is 1. The average molecular weight is 510 g/mol. The lowest BCUT2D eigenvalue weighted by molar-refractivity contribution is -0.384. The van der Waals surface area contributed by atoms with Gasteiger partial charge in [-0.15, -0.1) is 0 Å². The molecule has 3 aromatic carbocycles. The first kappa shape index (κ1) is 23.4. The van der Waals surface area contributed by atoms with Crippen LogP contribution in [0.4, 0.5) is 11.4 Å². The number of carbonyl (C=O) groups excluding carboxylic acids is 2. The predicted octanol–water partition coefficient (Wildman–Crippen LogP) is 4.47. The number of nitrogens with one attached hydrogen (secondary N) is 2. The van der Waals surface area contributed by atoms with Crippen molar-refractivity contribution in [3.8, 4) is 0 Å². The van der Waals surface area contributed by atoms with Gasteiger partial charge in [-0.2, -0.15) is 0 Å². The summed E-state index contributed by atoms with van der Waals surface area (Å²) in [4.78, 5) is 47.5. The highest BCUT2D eigenvalue weighted by Gasteiger charge is 2.18. The average Bonchev–Trinajstić information content (AvgIpc) is 2.79. The summed E-state index contributed by atoms with van der Waals surface area (Å²) in [6.07, 6.45) is 1.29. The van der Waals surface area contributed by atoms with Crippen molar-refractivity contribution in [1.29, 1.82) is 0 Å². The first-order valence-corrected chi connectivity index (χ1v) is 10.2. The molecule has 3 N–H and O–H groups in total. The Morgan fingerprint density at radius 3 is 2.39 bits per heavy atom. The minimum absolute atomic E-state index is 0.0331. The van der Waals surface area contributed by atoms with E-state index in [1.165, 1.54) is 54.6 Å². The van der Waals surface area contributed by atoms with Crippen LogP contribution in [-0.2, 0) is 4.79 Å². The van der Waals surface area contributed by atoms with Crippen molar-refractivity contribution < 1.29 is 24.4 Å². The third-order valence-corrected chi connectivity index (χ3v) is 5.06. The molecule has 0 bridgehead atoms. The third-order valence-electron chi connectivity index (χ3n) is 4.37. The molecule has 0 atom stereocenters. The maximum absolute atomic E-state index is 13.0. The number of carboxylic acids is 1. The number of aromatic carboxylic acids is 1. The van der Waals surface area contributed by atoms with Gasteiger partial charge in [0.25, 0.3) is 17.5 Å². The summed E-state index contributed by atoms with van der Waals surface area (Å²) >= 11 is 3.28. The summed E-state index contributed by atoms with van der Waals surface area (Å²) in [6.45, 7) is 0. The van der Waals surface area contributed by atoms with E-state index < -0.39 is 22.7 Å². The van der Waals surface area contributed by atoms with Crippen LogP contribution in [0.3, 0.4) is 0 Å². The van der Waals surface area contributed by atoms with Crippen LogP contribution in [0.25, 0.3) is 6.08 Å². The molecule has 166 valence electrons. The van der Waals surface area contributed by atoms with Crippen LogP contribution in [0.5, 0.6) is 0 Å². The zero-order valence-corrected chi connectivity index (χ0v) is 18.4. The number of nitrogens with zero attached hydrogens (tertiary/aromatic N) is 1. The molecular formula is C23H16BrN3O6. The Balaban J connectivity index is 1.96. The normalized spacial score (nSPS) is 10.9. The second-order valence-electron chi connectivity index (χ2n) is 6.68. The Morgan fingerprint density at radius 1 is 0.970 bits per heavy atom. The molecule has 9 nitrogen and oxygen atoms in total. The molecule has 0 radical (unpaired) electrons. The number of amides is 2. The number of nitro benzene ring substituents is 1. The van der Waals surface area contributed by atoms with Gasteiger partial charge in [0.2, 0.25) is 0 Å². The van der Waals surface area contributed by atoms with Gasteiger partial charge in [-0.25, -0.2) is 4.79 Å². The number of nitro groups is 1. The number of rotatable bonds is 7. The van der Waals surface area contributed by atoms with Crippen LogP contribution in [0.1, 0.15) is 26.3 Å². The van der Waals surface area contributed by atoms with Gasteiger partial charge in [-0.3, -0.25) is 19.7 Å². The highest BCUT2D eigenvalue weighted by atomic mass is 79.9. The molecule has 0 unspecified atom stereocenters. The van der Waals surface area contributed by atoms with Crippen molar-refractivity contribution in [3.05, 3.63) is 110 Å². The highest BCUT2D eigenvalue weighted by Crippen LogP contribution is 2.19. The molecule has 0 aliphatic rings. The van der Waals surface area contributed by atoms with E-state index in [9.17, 15) is 24.5 Å². The molecule has 10 heteroatoms. The Morgan fingerprint density at radius 2 is 1.70 bits per heavy atom. The minimum atomic E-state index is -1.17. The maximum atomic E-state index is 13.0. The van der Waals surface area contributed by atoms with Crippen LogP contribution in [0, 0.1) is 10.1 Å². The standard InChI is InChI=1S/C23H16BrN3O6/c24-19-10-2-1-9-18(19)21(28)26-20(12-14-5-3-8-17(11-14)27(32)33)22(29)25-16-7-4-6-15(13-16)23(30)31/h1-13H,(H,25,29)(H,26,28)(H,30,31)/b20-12+. The second-order valence-corrected chi connectivity index (χ2v) is 7.54. The summed E-state index contributed by atoms with van der Waals surface area (Å²) in [5, 5.41) is 25.3. The van der Waals surface area contributed by atoms with Crippen molar-refractivity contribution in [2.24, 2.45) is 0 Å². The summed E-state index contributed by atoms with van der Waals surface area (Å²) in [5.41, 5.74) is 0.352. The maximum Gasteiger partial charge on any atom is 0.335 e. The largest absolute Gasteiger partial charge is 0.478 e. The number of benzene rings is 3. The van der Waals surface area contributed by atoms with Gasteiger partial charge in [0.05, 0.1) is 16.1 Å². The number of hydrogen-bond acceptors (Lipinski definition) is 5. The lowest BCUT2D eigenvalue weighted by atomic mass is 10.1. The molecule has 2 amide bonds. The molecule has 0 fully saturated rings. The minimum Gasteiger partial charge on any atom is -0.478 e. The number of carbonyl (C=O) groups is 3. The summed E-state index contributed by atoms with van der Waals surface area (Å²) < 4.78 is 0.506. The topological polar surface area (TPSA) is 139 Å². The SMILES string of the molecule is O=C(Nc1cccc(C(=O)O)c1)/C(=C\c1cccc([N+](=O)[O-])c1)NC(=O)c1ccccc1Br. The summed E-state index contributed by atoms with van der Waals surface area (Å²) in [7, 11) is 0. The van der Waals surface area contributed by atoms with Crippen molar-refractivity contribution >= 4 is 51.2 Å². The van der Waals surface area contributed by atoms with Gasteiger partial charge < -0.3 is 15.7 Å². The summed E-state index contributed by atoms with van der Waals surface area (Å²) in [5.74, 6) is -2.50. The van der Waals surface area contributed by atoms with Crippen molar-refractivity contribution in [2.75, 3.05) is 5.32 Å². The molecule has 3 aromatic rings. The lowest BCUT2D eigenvalue weighted by Crippen LogP contribution is -2.31. The zero-order chi connectivity index (χ0) is 24.0. The molecule has 0 aromatic heterocycles. The molecule has 0 heterocycles. The van der Waals surface area contributed by atoms with Gasteiger partial charge in [0, 0.05) is 22.3 Å². The number of hydrogen-bond donors (Lipinski definition) is 3. The molecule has 0 aliphatic heterocycles. The molecule has 0 saturated heterocycles. The van der Waals surface area contributed by atoms with Crippen LogP contribution < -0.4 is 10.6 Å². The van der Waals surface area contributed by atoms with E-state index in [4.69, 9.17) is 5.11 Å². The molecule has 0 saturated carbocycles. The van der Waals surface area contributed by atoms with Crippen LogP contribution in [-0.4, -0.2) is 27.8 Å². The quantitative estimate of drug-likeness (QED) is 0.244. The van der Waals surface area contributed by atoms with Gasteiger partial charge in [0.1, 0.15) is 5.70 Å². The Bertz CT molecular complexity index is 1290. The molecule has 33 heavy (non-hydrogen) atoms. The van der Waals surface area contributed by atoms with E-state index in [1.807, 2.05) is 0 Å². The van der Waals surface area contributed by atoms with Crippen molar-refractivity contribution in [3.63, 3.8) is 0 Å². The van der Waals surface area contributed by atoms with Crippen molar-refractivity contribution in [1.82, 2.24) is 5.32 Å². The van der Waals surface area contributed by atoms with Gasteiger partial charge in [-0.1, -0.05) is 30.3 Å². The van der Waals surface area contributed by atoms with E-state index in [0.717, 1.165) is 0 Å². The second kappa shape index (κ2) is 10.3. The predicted molar refractivity (Wildman–Crippen MR) is 125 cm³/mol. The third kappa shape index (κ3) is 6.11. The molecule has 0 spiro atoms. The number of non-ortho nitro benzene ring substituents is 1. The monoisotopic (exact) mass is 509 g/mol. The van der Waals surface area contributed by atoms with Gasteiger partial charge in [0.15, 0.2) is 0 Å². The summed E-state index contributed by atoms with van der Waals surface area (Å²) in [6, 6.07) is 17.7. The van der Waals surface area contributed by atoms with Crippen LogP contribution in [0.2, 0.25) is 0 Å². The first-order valence-electron chi connectivity index (χ1n) is 9.41. The molecule has 3 rings (SSSR count).